The van der Waals surface area contributed by atoms with Crippen LogP contribution in [0.2, 0.25) is 0 Å². The van der Waals surface area contributed by atoms with Gasteiger partial charge in [0.15, 0.2) is 5.69 Å². The lowest BCUT2D eigenvalue weighted by Crippen LogP contribution is -2.21. The van der Waals surface area contributed by atoms with Gasteiger partial charge in [-0.05, 0) is 35.9 Å². The summed E-state index contributed by atoms with van der Waals surface area (Å²) in [4.78, 5) is 8.52. The van der Waals surface area contributed by atoms with Crippen LogP contribution >= 0.6 is 0 Å². The fourth-order valence-electron chi connectivity index (χ4n) is 3.19. The number of hydrogen-bond donors (Lipinski definition) is 0. The number of nitrogens with zero attached hydrogens (tertiary/aromatic N) is 5. The maximum Gasteiger partial charge on any atom is 0.278 e. The number of fused-ring (bicyclic) bond motifs is 1. The highest BCUT2D eigenvalue weighted by molar-refractivity contribution is 5.56. The van der Waals surface area contributed by atoms with E-state index in [4.69, 9.17) is 14.0 Å². The Morgan fingerprint density at radius 1 is 1.18 bits per heavy atom. The standard InChI is InChI=1S/C20H17N5O3/c1-26-16-6-4-13(5-7-16)18-11-25-15(12-27-18)9-17(23-25)20-22-19(24-28-20)14-3-2-8-21-10-14/h2-10,18H,11-12H2,1H3/t18-/m0/s1. The predicted molar refractivity (Wildman–Crippen MR) is 99.3 cm³/mol. The van der Waals surface area contributed by atoms with Crippen molar-refractivity contribution in [2.75, 3.05) is 7.11 Å². The zero-order valence-electron chi connectivity index (χ0n) is 15.1. The monoisotopic (exact) mass is 375 g/mol. The van der Waals surface area contributed by atoms with Crippen LogP contribution in [-0.2, 0) is 17.9 Å². The van der Waals surface area contributed by atoms with Crippen LogP contribution in [0.1, 0.15) is 17.4 Å². The molecule has 1 aliphatic rings. The third kappa shape index (κ3) is 3.03. The molecule has 28 heavy (non-hydrogen) atoms. The Labute approximate surface area is 160 Å². The number of ether oxygens (including phenoxy) is 2. The van der Waals surface area contributed by atoms with E-state index in [1.807, 2.05) is 47.1 Å². The Morgan fingerprint density at radius 3 is 2.86 bits per heavy atom. The Hall–Kier alpha value is -3.52. The summed E-state index contributed by atoms with van der Waals surface area (Å²) >= 11 is 0. The number of hydrogen-bond acceptors (Lipinski definition) is 7. The molecule has 8 heteroatoms. The predicted octanol–water partition coefficient (Wildman–Crippen LogP) is 3.28. The molecular formula is C20H17N5O3. The molecule has 3 aromatic heterocycles. The van der Waals surface area contributed by atoms with Crippen molar-refractivity contribution in [3.05, 3.63) is 66.1 Å². The second kappa shape index (κ2) is 6.90. The molecule has 140 valence electrons. The van der Waals surface area contributed by atoms with Crippen molar-refractivity contribution in [3.8, 4) is 28.7 Å². The topological polar surface area (TPSA) is 88.1 Å². The lowest BCUT2D eigenvalue weighted by atomic mass is 10.1. The average molecular weight is 375 g/mol. The molecule has 0 aliphatic carbocycles. The summed E-state index contributed by atoms with van der Waals surface area (Å²) in [7, 11) is 1.65. The van der Waals surface area contributed by atoms with Crippen LogP contribution in [0.4, 0.5) is 0 Å². The van der Waals surface area contributed by atoms with Crippen molar-refractivity contribution in [3.63, 3.8) is 0 Å². The first-order valence-electron chi connectivity index (χ1n) is 8.87. The molecule has 0 fully saturated rings. The molecule has 8 nitrogen and oxygen atoms in total. The molecular weight excluding hydrogens is 358 g/mol. The van der Waals surface area contributed by atoms with Gasteiger partial charge < -0.3 is 14.0 Å². The van der Waals surface area contributed by atoms with E-state index in [0.717, 1.165) is 22.6 Å². The minimum atomic E-state index is -0.0696. The van der Waals surface area contributed by atoms with Gasteiger partial charge in [-0.2, -0.15) is 10.1 Å². The highest BCUT2D eigenvalue weighted by atomic mass is 16.5. The van der Waals surface area contributed by atoms with Crippen molar-refractivity contribution < 1.29 is 14.0 Å². The van der Waals surface area contributed by atoms with E-state index < -0.39 is 0 Å². The van der Waals surface area contributed by atoms with Crippen LogP contribution in [0.3, 0.4) is 0 Å². The summed E-state index contributed by atoms with van der Waals surface area (Å²) in [6, 6.07) is 13.5. The number of pyridine rings is 1. The largest absolute Gasteiger partial charge is 0.497 e. The van der Waals surface area contributed by atoms with E-state index in [-0.39, 0.29) is 6.10 Å². The molecule has 4 heterocycles. The average Bonchev–Trinajstić information content (AvgIpc) is 3.41. The van der Waals surface area contributed by atoms with Gasteiger partial charge in [-0.15, -0.1) is 0 Å². The number of methoxy groups -OCH3 is 1. The third-order valence-electron chi connectivity index (χ3n) is 4.69. The molecule has 0 amide bonds. The Kier molecular flexibility index (Phi) is 4.10. The van der Waals surface area contributed by atoms with Gasteiger partial charge in [0, 0.05) is 18.0 Å². The molecule has 4 aromatic rings. The number of aromatic nitrogens is 5. The maximum absolute atomic E-state index is 6.01. The van der Waals surface area contributed by atoms with Gasteiger partial charge in [-0.3, -0.25) is 9.67 Å². The molecule has 0 saturated carbocycles. The molecule has 5 rings (SSSR count). The molecule has 0 spiro atoms. The van der Waals surface area contributed by atoms with Gasteiger partial charge in [0.25, 0.3) is 5.89 Å². The SMILES string of the molecule is COc1ccc([C@@H]2Cn3nc(-c4nc(-c5cccnc5)no4)cc3CO2)cc1. The number of benzene rings is 1. The van der Waals surface area contributed by atoms with Crippen LogP contribution in [0, 0.1) is 0 Å². The van der Waals surface area contributed by atoms with Gasteiger partial charge in [0.2, 0.25) is 5.82 Å². The normalized spacial score (nSPS) is 16.0. The van der Waals surface area contributed by atoms with Gasteiger partial charge in [0.1, 0.15) is 11.9 Å². The molecule has 1 aliphatic heterocycles. The fraction of sp³-hybridized carbons (Fsp3) is 0.200. The van der Waals surface area contributed by atoms with Crippen molar-refractivity contribution in [2.24, 2.45) is 0 Å². The van der Waals surface area contributed by atoms with Crippen LogP contribution in [0.25, 0.3) is 23.0 Å². The minimum absolute atomic E-state index is 0.0696. The summed E-state index contributed by atoms with van der Waals surface area (Å²) < 4.78 is 18.6. The highest BCUT2D eigenvalue weighted by Gasteiger charge is 2.24. The van der Waals surface area contributed by atoms with Crippen molar-refractivity contribution in [1.29, 1.82) is 0 Å². The molecule has 0 radical (unpaired) electrons. The number of rotatable bonds is 4. The fourth-order valence-corrected chi connectivity index (χ4v) is 3.19. The molecule has 0 N–H and O–H groups in total. The Balaban J connectivity index is 1.38. The summed E-state index contributed by atoms with van der Waals surface area (Å²) in [5.41, 5.74) is 3.49. The second-order valence-electron chi connectivity index (χ2n) is 6.44. The van der Waals surface area contributed by atoms with Crippen LogP contribution in [-0.4, -0.2) is 32.0 Å². The van der Waals surface area contributed by atoms with Gasteiger partial charge in [0.05, 0.1) is 26.0 Å². The third-order valence-corrected chi connectivity index (χ3v) is 4.69. The van der Waals surface area contributed by atoms with Crippen LogP contribution in [0.5, 0.6) is 5.75 Å². The van der Waals surface area contributed by atoms with E-state index in [0.29, 0.717) is 30.6 Å². The molecule has 1 aromatic carbocycles. The van der Waals surface area contributed by atoms with E-state index in [2.05, 4.69) is 20.2 Å². The second-order valence-corrected chi connectivity index (χ2v) is 6.44. The van der Waals surface area contributed by atoms with E-state index in [1.165, 1.54) is 0 Å². The van der Waals surface area contributed by atoms with Crippen LogP contribution in [0.15, 0.2) is 59.4 Å². The molecule has 0 saturated heterocycles. The lowest BCUT2D eigenvalue weighted by Gasteiger charge is -2.24. The Bertz CT molecular complexity index is 1090. The highest BCUT2D eigenvalue weighted by Crippen LogP contribution is 2.30. The zero-order valence-corrected chi connectivity index (χ0v) is 15.1. The van der Waals surface area contributed by atoms with Gasteiger partial charge in [-0.1, -0.05) is 17.3 Å². The van der Waals surface area contributed by atoms with Gasteiger partial charge in [-0.25, -0.2) is 0 Å². The summed E-state index contributed by atoms with van der Waals surface area (Å²) in [5.74, 6) is 1.69. The minimum Gasteiger partial charge on any atom is -0.497 e. The quantitative estimate of drug-likeness (QED) is 0.541. The first kappa shape index (κ1) is 16.6. The zero-order chi connectivity index (χ0) is 18.9. The first-order chi connectivity index (χ1) is 13.8. The Morgan fingerprint density at radius 2 is 2.07 bits per heavy atom. The summed E-state index contributed by atoms with van der Waals surface area (Å²) in [5, 5.41) is 8.67. The molecule has 0 bridgehead atoms. The maximum atomic E-state index is 6.01. The lowest BCUT2D eigenvalue weighted by molar-refractivity contribution is -0.00115. The van der Waals surface area contributed by atoms with Gasteiger partial charge >= 0.3 is 0 Å². The van der Waals surface area contributed by atoms with Crippen molar-refractivity contribution in [1.82, 2.24) is 24.9 Å². The van der Waals surface area contributed by atoms with E-state index in [1.54, 1.807) is 19.5 Å². The van der Waals surface area contributed by atoms with Crippen molar-refractivity contribution >= 4 is 0 Å². The van der Waals surface area contributed by atoms with E-state index >= 15 is 0 Å². The summed E-state index contributed by atoms with van der Waals surface area (Å²) in [6.07, 6.45) is 3.33. The first-order valence-corrected chi connectivity index (χ1v) is 8.87. The molecule has 1 atom stereocenters. The van der Waals surface area contributed by atoms with E-state index in [9.17, 15) is 0 Å². The van der Waals surface area contributed by atoms with Crippen LogP contribution < -0.4 is 4.74 Å². The van der Waals surface area contributed by atoms with Crippen molar-refractivity contribution in [2.45, 2.75) is 19.3 Å². The molecule has 0 unspecified atom stereocenters. The smallest absolute Gasteiger partial charge is 0.278 e. The summed E-state index contributed by atoms with van der Waals surface area (Å²) in [6.45, 7) is 1.08.